The molecule has 182 valence electrons. The van der Waals surface area contributed by atoms with E-state index >= 15 is 0 Å². The van der Waals surface area contributed by atoms with Crippen LogP contribution < -0.4 is 18.9 Å². The second-order valence-electron chi connectivity index (χ2n) is 7.59. The molecule has 8 nitrogen and oxygen atoms in total. The van der Waals surface area contributed by atoms with Gasteiger partial charge in [0.05, 0.1) is 35.4 Å². The Labute approximate surface area is 212 Å². The number of nitriles is 1. The smallest absolute Gasteiger partial charge is 0.343 e. The molecule has 4 aromatic rings. The molecule has 0 spiro atoms. The van der Waals surface area contributed by atoms with Crippen LogP contribution in [0.15, 0.2) is 97.1 Å². The molecule has 0 saturated heterocycles. The van der Waals surface area contributed by atoms with Gasteiger partial charge in [-0.15, -0.1) is 0 Å². The van der Waals surface area contributed by atoms with Gasteiger partial charge in [0, 0.05) is 0 Å². The lowest BCUT2D eigenvalue weighted by Gasteiger charge is -2.08. The summed E-state index contributed by atoms with van der Waals surface area (Å²) < 4.78 is 21.1. The summed E-state index contributed by atoms with van der Waals surface area (Å²) >= 11 is 0. The van der Waals surface area contributed by atoms with Gasteiger partial charge in [0.1, 0.15) is 23.0 Å². The van der Waals surface area contributed by atoms with Gasteiger partial charge in [0.2, 0.25) is 0 Å². The Balaban J connectivity index is 1.36. The third kappa shape index (κ3) is 6.38. The van der Waals surface area contributed by atoms with Gasteiger partial charge in [0.25, 0.3) is 0 Å². The van der Waals surface area contributed by atoms with Gasteiger partial charge in [-0.2, -0.15) is 5.26 Å². The molecule has 0 amide bonds. The molecule has 4 aromatic carbocycles. The molecule has 0 aliphatic rings. The number of methoxy groups -OCH3 is 1. The maximum Gasteiger partial charge on any atom is 0.343 e. The van der Waals surface area contributed by atoms with E-state index in [4.69, 9.17) is 24.2 Å². The maximum absolute atomic E-state index is 12.6. The van der Waals surface area contributed by atoms with E-state index in [1.165, 1.54) is 73.8 Å². The van der Waals surface area contributed by atoms with Crippen LogP contribution >= 0.6 is 0 Å². The van der Waals surface area contributed by atoms with Crippen molar-refractivity contribution in [1.82, 2.24) is 0 Å². The summed E-state index contributed by atoms with van der Waals surface area (Å²) in [5.41, 5.74) is 1.18. The normalized spacial score (nSPS) is 10.1. The van der Waals surface area contributed by atoms with Crippen LogP contribution in [0.5, 0.6) is 23.0 Å². The fourth-order valence-corrected chi connectivity index (χ4v) is 3.17. The van der Waals surface area contributed by atoms with Gasteiger partial charge in [-0.1, -0.05) is 6.07 Å². The average Bonchev–Trinajstić information content (AvgIpc) is 2.94. The Bertz CT molecular complexity index is 1470. The van der Waals surface area contributed by atoms with Gasteiger partial charge in [-0.25, -0.2) is 14.4 Å². The predicted octanol–water partition coefficient (Wildman–Crippen LogP) is 5.22. The van der Waals surface area contributed by atoms with Crippen molar-refractivity contribution in [2.75, 3.05) is 7.11 Å². The van der Waals surface area contributed by atoms with Crippen LogP contribution in [0.1, 0.15) is 36.6 Å². The molecule has 0 heterocycles. The Kier molecular flexibility index (Phi) is 7.57. The second kappa shape index (κ2) is 11.3. The van der Waals surface area contributed by atoms with Crippen LogP contribution in [0.25, 0.3) is 0 Å². The number of esters is 3. The van der Waals surface area contributed by atoms with Gasteiger partial charge >= 0.3 is 17.9 Å². The van der Waals surface area contributed by atoms with Crippen LogP contribution in [0, 0.1) is 11.3 Å². The van der Waals surface area contributed by atoms with E-state index in [-0.39, 0.29) is 28.4 Å². The third-order valence-corrected chi connectivity index (χ3v) is 5.10. The van der Waals surface area contributed by atoms with E-state index < -0.39 is 17.9 Å². The largest absolute Gasteiger partial charge is 0.497 e. The van der Waals surface area contributed by atoms with Crippen molar-refractivity contribution in [2.24, 2.45) is 0 Å². The van der Waals surface area contributed by atoms with Crippen molar-refractivity contribution in [1.29, 1.82) is 5.26 Å². The topological polar surface area (TPSA) is 112 Å². The minimum Gasteiger partial charge on any atom is -0.497 e. The summed E-state index contributed by atoms with van der Waals surface area (Å²) in [6.07, 6.45) is 0. The Morgan fingerprint density at radius 3 is 1.54 bits per heavy atom. The standard InChI is InChI=1S/C29H19NO7/c1-34-23-13-7-20(8-14-23)27(31)35-25-15-9-21(10-16-25)28(32)37-26-4-2-3-22(17-26)29(33)36-24-11-5-19(18-30)6-12-24/h2-17H,1H3. The first-order valence-corrected chi connectivity index (χ1v) is 11.0. The molecule has 0 N–H and O–H groups in total. The van der Waals surface area contributed by atoms with Crippen molar-refractivity contribution >= 4 is 17.9 Å². The Hall–Kier alpha value is -5.42. The molecule has 0 aliphatic carbocycles. The first kappa shape index (κ1) is 24.7. The van der Waals surface area contributed by atoms with E-state index in [0.29, 0.717) is 16.9 Å². The monoisotopic (exact) mass is 493 g/mol. The molecular formula is C29H19NO7. The summed E-state index contributed by atoms with van der Waals surface area (Å²) in [6, 6.07) is 26.4. The zero-order chi connectivity index (χ0) is 26.2. The summed E-state index contributed by atoms with van der Waals surface area (Å²) in [6.45, 7) is 0. The molecule has 0 aliphatic heterocycles. The lowest BCUT2D eigenvalue weighted by atomic mass is 10.2. The lowest BCUT2D eigenvalue weighted by molar-refractivity contribution is 0.0714. The molecule has 0 saturated carbocycles. The number of rotatable bonds is 7. The third-order valence-electron chi connectivity index (χ3n) is 5.10. The van der Waals surface area contributed by atoms with E-state index in [1.807, 2.05) is 6.07 Å². The van der Waals surface area contributed by atoms with Crippen molar-refractivity contribution in [3.05, 3.63) is 119 Å². The van der Waals surface area contributed by atoms with Gasteiger partial charge in [-0.3, -0.25) is 0 Å². The average molecular weight is 493 g/mol. The molecule has 0 aromatic heterocycles. The zero-order valence-electron chi connectivity index (χ0n) is 19.5. The highest BCUT2D eigenvalue weighted by molar-refractivity contribution is 5.94. The molecule has 8 heteroatoms. The molecular weight excluding hydrogens is 474 g/mol. The summed E-state index contributed by atoms with van der Waals surface area (Å²) in [5.74, 6) is -0.564. The van der Waals surface area contributed by atoms with Crippen molar-refractivity contribution in [3.8, 4) is 29.1 Å². The molecule has 0 bridgehead atoms. The molecule has 0 fully saturated rings. The van der Waals surface area contributed by atoms with Gasteiger partial charge in [0.15, 0.2) is 0 Å². The lowest BCUT2D eigenvalue weighted by Crippen LogP contribution is -2.11. The van der Waals surface area contributed by atoms with E-state index in [0.717, 1.165) is 0 Å². The highest BCUT2D eigenvalue weighted by atomic mass is 16.5. The minimum atomic E-state index is -0.661. The second-order valence-corrected chi connectivity index (χ2v) is 7.59. The van der Waals surface area contributed by atoms with E-state index in [2.05, 4.69) is 0 Å². The predicted molar refractivity (Wildman–Crippen MR) is 132 cm³/mol. The van der Waals surface area contributed by atoms with Crippen LogP contribution in [0.2, 0.25) is 0 Å². The fraction of sp³-hybridized carbons (Fsp3) is 0.0345. The highest BCUT2D eigenvalue weighted by Crippen LogP contribution is 2.20. The zero-order valence-corrected chi connectivity index (χ0v) is 19.5. The van der Waals surface area contributed by atoms with E-state index in [9.17, 15) is 14.4 Å². The van der Waals surface area contributed by atoms with Gasteiger partial charge in [-0.05, 0) is 91.0 Å². The van der Waals surface area contributed by atoms with Crippen LogP contribution in [-0.2, 0) is 0 Å². The summed E-state index contributed by atoms with van der Waals surface area (Å²) in [7, 11) is 1.53. The molecule has 0 unspecified atom stereocenters. The summed E-state index contributed by atoms with van der Waals surface area (Å²) in [5, 5.41) is 8.86. The first-order valence-electron chi connectivity index (χ1n) is 11.0. The van der Waals surface area contributed by atoms with Crippen molar-refractivity contribution in [3.63, 3.8) is 0 Å². The number of hydrogen-bond acceptors (Lipinski definition) is 8. The van der Waals surface area contributed by atoms with E-state index in [1.54, 1.807) is 30.3 Å². The number of benzene rings is 4. The number of hydrogen-bond donors (Lipinski definition) is 0. The van der Waals surface area contributed by atoms with Crippen LogP contribution in [0.4, 0.5) is 0 Å². The van der Waals surface area contributed by atoms with Crippen molar-refractivity contribution < 1.29 is 33.3 Å². The maximum atomic E-state index is 12.6. The highest BCUT2D eigenvalue weighted by Gasteiger charge is 2.14. The molecule has 0 atom stereocenters. The number of nitrogens with zero attached hydrogens (tertiary/aromatic N) is 1. The van der Waals surface area contributed by atoms with Crippen molar-refractivity contribution in [2.45, 2.75) is 0 Å². The number of carbonyl (C=O) groups is 3. The van der Waals surface area contributed by atoms with Crippen LogP contribution in [0.3, 0.4) is 0 Å². The fourth-order valence-electron chi connectivity index (χ4n) is 3.17. The van der Waals surface area contributed by atoms with Crippen LogP contribution in [-0.4, -0.2) is 25.0 Å². The quantitative estimate of drug-likeness (QED) is 0.254. The SMILES string of the molecule is COc1ccc(C(=O)Oc2ccc(C(=O)Oc3cccc(C(=O)Oc4ccc(C#N)cc4)c3)cc2)cc1. The summed E-state index contributed by atoms with van der Waals surface area (Å²) in [4.78, 5) is 37.3. The molecule has 37 heavy (non-hydrogen) atoms. The Morgan fingerprint density at radius 1 is 0.568 bits per heavy atom. The molecule has 4 rings (SSSR count). The number of carbonyl (C=O) groups excluding carboxylic acids is 3. The minimum absolute atomic E-state index is 0.147. The Morgan fingerprint density at radius 2 is 1.03 bits per heavy atom. The van der Waals surface area contributed by atoms with Gasteiger partial charge < -0.3 is 18.9 Å². The first-order chi connectivity index (χ1) is 17.9. The molecule has 0 radical (unpaired) electrons. The number of ether oxygens (including phenoxy) is 4.